The fourth-order valence-electron chi connectivity index (χ4n) is 1.75. The number of ketones is 1. The highest BCUT2D eigenvalue weighted by Gasteiger charge is 2.41. The highest BCUT2D eigenvalue weighted by molar-refractivity contribution is 5.94. The lowest BCUT2D eigenvalue weighted by Gasteiger charge is -2.11. The van der Waals surface area contributed by atoms with Crippen LogP contribution in [-0.2, 0) is 12.1 Å². The number of aryl methyl sites for hydroxylation is 1. The van der Waals surface area contributed by atoms with Gasteiger partial charge in [-0.2, -0.15) is 0 Å². The van der Waals surface area contributed by atoms with Crippen molar-refractivity contribution in [3.63, 3.8) is 0 Å². The number of nitrogens with zero attached hydrogens (tertiary/aromatic N) is 1. The van der Waals surface area contributed by atoms with E-state index in [1.54, 1.807) is 0 Å². The van der Waals surface area contributed by atoms with Crippen molar-refractivity contribution in [1.29, 1.82) is 0 Å². The van der Waals surface area contributed by atoms with Crippen LogP contribution < -0.4 is 0 Å². The first-order valence-electron chi connectivity index (χ1n) is 4.21. The van der Waals surface area contributed by atoms with E-state index in [0.29, 0.717) is 24.2 Å². The van der Waals surface area contributed by atoms with Gasteiger partial charge in [-0.15, -0.1) is 0 Å². The number of fused-ring (bicyclic) bond motifs is 1. The first-order valence-corrected chi connectivity index (χ1v) is 4.21. The van der Waals surface area contributed by atoms with Crippen molar-refractivity contribution in [1.82, 2.24) is 5.16 Å². The summed E-state index contributed by atoms with van der Waals surface area (Å²) in [5, 5.41) is 3.57. The topological polar surface area (TPSA) is 43.1 Å². The van der Waals surface area contributed by atoms with Gasteiger partial charge in [0, 0.05) is 13.3 Å². The van der Waals surface area contributed by atoms with Crippen LogP contribution in [0.5, 0.6) is 0 Å². The standard InChI is InChI=1S/C9H10FNO2/c1-5(12)8-7-6(13-11-8)3-4-9(7,2)10/h3-4H2,1-2H3. The summed E-state index contributed by atoms with van der Waals surface area (Å²) in [7, 11) is 0. The van der Waals surface area contributed by atoms with Gasteiger partial charge in [0.25, 0.3) is 0 Å². The lowest BCUT2D eigenvalue weighted by atomic mass is 9.99. The first-order chi connectivity index (χ1) is 6.02. The highest BCUT2D eigenvalue weighted by atomic mass is 19.1. The molecule has 0 saturated carbocycles. The molecule has 0 bridgehead atoms. The smallest absolute Gasteiger partial charge is 0.182 e. The summed E-state index contributed by atoms with van der Waals surface area (Å²) in [6.45, 7) is 2.83. The van der Waals surface area contributed by atoms with Crippen molar-refractivity contribution < 1.29 is 13.7 Å². The first kappa shape index (κ1) is 8.41. The maximum absolute atomic E-state index is 13.8. The molecule has 0 fully saturated rings. The normalized spacial score (nSPS) is 26.1. The molecule has 13 heavy (non-hydrogen) atoms. The molecule has 1 aromatic heterocycles. The van der Waals surface area contributed by atoms with Gasteiger partial charge < -0.3 is 4.52 Å². The molecule has 1 aliphatic carbocycles. The van der Waals surface area contributed by atoms with Gasteiger partial charge in [-0.1, -0.05) is 5.16 Å². The van der Waals surface area contributed by atoms with Crippen LogP contribution in [0, 0.1) is 0 Å². The van der Waals surface area contributed by atoms with Crippen molar-refractivity contribution in [3.8, 4) is 0 Å². The predicted octanol–water partition coefficient (Wildman–Crippen LogP) is 2.01. The van der Waals surface area contributed by atoms with Crippen LogP contribution in [0.25, 0.3) is 0 Å². The molecular weight excluding hydrogens is 173 g/mol. The number of halogens is 1. The summed E-state index contributed by atoms with van der Waals surface area (Å²) in [6.07, 6.45) is 0.909. The van der Waals surface area contributed by atoms with E-state index in [2.05, 4.69) is 5.16 Å². The molecule has 1 atom stereocenters. The molecule has 0 spiro atoms. The summed E-state index contributed by atoms with van der Waals surface area (Å²) in [5.74, 6) is 0.283. The number of carbonyl (C=O) groups excluding carboxylic acids is 1. The largest absolute Gasteiger partial charge is 0.360 e. The Labute approximate surface area is 74.9 Å². The van der Waals surface area contributed by atoms with Crippen LogP contribution in [0.3, 0.4) is 0 Å². The Morgan fingerprint density at radius 2 is 2.38 bits per heavy atom. The van der Waals surface area contributed by atoms with Crippen LogP contribution in [0.2, 0.25) is 0 Å². The second kappa shape index (κ2) is 2.40. The molecule has 1 aliphatic rings. The molecule has 4 heteroatoms. The Balaban J connectivity index is 2.59. The fourth-order valence-corrected chi connectivity index (χ4v) is 1.75. The summed E-state index contributed by atoms with van der Waals surface area (Å²) in [5.41, 5.74) is -0.937. The van der Waals surface area contributed by atoms with Gasteiger partial charge in [-0.3, -0.25) is 4.79 Å². The summed E-state index contributed by atoms with van der Waals surface area (Å²) in [4.78, 5) is 11.1. The molecule has 1 unspecified atom stereocenters. The van der Waals surface area contributed by atoms with Crippen LogP contribution in [0.15, 0.2) is 4.52 Å². The third-order valence-corrected chi connectivity index (χ3v) is 2.44. The Hall–Kier alpha value is -1.19. The van der Waals surface area contributed by atoms with Crippen molar-refractivity contribution in [2.75, 3.05) is 0 Å². The molecule has 0 amide bonds. The minimum absolute atomic E-state index is 0.150. The summed E-state index contributed by atoms with van der Waals surface area (Å²) < 4.78 is 18.7. The summed E-state index contributed by atoms with van der Waals surface area (Å²) in [6, 6.07) is 0. The minimum atomic E-state index is -1.45. The molecular formula is C9H10FNO2. The molecule has 1 aromatic rings. The average molecular weight is 183 g/mol. The molecule has 3 nitrogen and oxygen atoms in total. The van der Waals surface area contributed by atoms with Crippen molar-refractivity contribution >= 4 is 5.78 Å². The third-order valence-electron chi connectivity index (χ3n) is 2.44. The van der Waals surface area contributed by atoms with Gasteiger partial charge in [-0.25, -0.2) is 4.39 Å². The Morgan fingerprint density at radius 3 is 3.00 bits per heavy atom. The lowest BCUT2D eigenvalue weighted by Crippen LogP contribution is -2.13. The molecule has 70 valence electrons. The maximum atomic E-state index is 13.8. The highest BCUT2D eigenvalue weighted by Crippen LogP contribution is 2.41. The number of aromatic nitrogens is 1. The average Bonchev–Trinajstić information content (AvgIpc) is 2.53. The van der Waals surface area contributed by atoms with E-state index in [4.69, 9.17) is 4.52 Å². The molecule has 0 N–H and O–H groups in total. The number of alkyl halides is 1. The molecule has 0 aliphatic heterocycles. The van der Waals surface area contributed by atoms with Gasteiger partial charge in [0.1, 0.15) is 11.4 Å². The van der Waals surface area contributed by atoms with Gasteiger partial charge in [0.15, 0.2) is 11.5 Å². The molecule has 2 rings (SSSR count). The van der Waals surface area contributed by atoms with Crippen LogP contribution in [0.1, 0.15) is 42.1 Å². The predicted molar refractivity (Wildman–Crippen MR) is 43.3 cm³/mol. The lowest BCUT2D eigenvalue weighted by molar-refractivity contribution is 0.0995. The van der Waals surface area contributed by atoms with E-state index in [-0.39, 0.29) is 11.5 Å². The van der Waals surface area contributed by atoms with Crippen molar-refractivity contribution in [3.05, 3.63) is 17.0 Å². The number of hydrogen-bond donors (Lipinski definition) is 0. The monoisotopic (exact) mass is 183 g/mol. The van der Waals surface area contributed by atoms with Gasteiger partial charge in [0.05, 0.1) is 5.56 Å². The van der Waals surface area contributed by atoms with Crippen LogP contribution in [-0.4, -0.2) is 10.9 Å². The Morgan fingerprint density at radius 1 is 1.69 bits per heavy atom. The molecule has 0 saturated heterocycles. The van der Waals surface area contributed by atoms with E-state index >= 15 is 0 Å². The van der Waals surface area contributed by atoms with E-state index < -0.39 is 5.67 Å². The zero-order valence-electron chi connectivity index (χ0n) is 7.56. The second-order valence-electron chi connectivity index (χ2n) is 3.58. The van der Waals surface area contributed by atoms with E-state index in [0.717, 1.165) is 0 Å². The van der Waals surface area contributed by atoms with E-state index in [1.165, 1.54) is 13.8 Å². The SMILES string of the molecule is CC(=O)c1noc2c1C(C)(F)CC2. The zero-order chi connectivity index (χ0) is 9.64. The van der Waals surface area contributed by atoms with Crippen molar-refractivity contribution in [2.24, 2.45) is 0 Å². The van der Waals surface area contributed by atoms with E-state index in [9.17, 15) is 9.18 Å². The molecule has 1 heterocycles. The number of Topliss-reactive ketones (excluding diaryl/α,β-unsaturated/α-hetero) is 1. The van der Waals surface area contributed by atoms with Gasteiger partial charge >= 0.3 is 0 Å². The fraction of sp³-hybridized carbons (Fsp3) is 0.556. The zero-order valence-corrected chi connectivity index (χ0v) is 7.56. The quantitative estimate of drug-likeness (QED) is 0.625. The second-order valence-corrected chi connectivity index (χ2v) is 3.58. The Bertz CT molecular complexity index is 368. The number of rotatable bonds is 1. The van der Waals surface area contributed by atoms with E-state index in [1.807, 2.05) is 0 Å². The summed E-state index contributed by atoms with van der Waals surface area (Å²) >= 11 is 0. The number of hydrogen-bond acceptors (Lipinski definition) is 3. The Kier molecular flexibility index (Phi) is 1.55. The molecule has 0 radical (unpaired) electrons. The van der Waals surface area contributed by atoms with Crippen LogP contribution >= 0.6 is 0 Å². The van der Waals surface area contributed by atoms with Crippen LogP contribution in [0.4, 0.5) is 4.39 Å². The third kappa shape index (κ3) is 1.08. The molecule has 0 aromatic carbocycles. The minimum Gasteiger partial charge on any atom is -0.360 e. The van der Waals surface area contributed by atoms with Gasteiger partial charge in [-0.05, 0) is 13.3 Å². The van der Waals surface area contributed by atoms with Gasteiger partial charge in [0.2, 0.25) is 0 Å². The van der Waals surface area contributed by atoms with Crippen molar-refractivity contribution in [2.45, 2.75) is 32.4 Å². The maximum Gasteiger partial charge on any atom is 0.182 e. The number of carbonyl (C=O) groups is 1.